The second-order valence-corrected chi connectivity index (χ2v) is 20.6. The van der Waals surface area contributed by atoms with Crippen LogP contribution in [0.5, 0.6) is 11.5 Å². The lowest BCUT2D eigenvalue weighted by Crippen LogP contribution is -2.57. The zero-order chi connectivity index (χ0) is 42.7. The van der Waals surface area contributed by atoms with E-state index in [1.165, 1.54) is 0 Å². The van der Waals surface area contributed by atoms with Gasteiger partial charge in [0.1, 0.15) is 11.5 Å². The number of ether oxygens (including phenoxy) is 6. The molecule has 0 bridgehead atoms. The number of carbonyl (C=O) groups is 2. The molecule has 2 aromatic rings. The van der Waals surface area contributed by atoms with E-state index in [4.69, 9.17) is 28.4 Å². The first-order valence-corrected chi connectivity index (χ1v) is 20.7. The Labute approximate surface area is 342 Å². The summed E-state index contributed by atoms with van der Waals surface area (Å²) in [5, 5.41) is 21.8. The van der Waals surface area contributed by atoms with E-state index in [0.29, 0.717) is 50.8 Å². The van der Waals surface area contributed by atoms with E-state index >= 15 is 0 Å². The minimum Gasteiger partial charge on any atom is -0.507 e. The molecule has 0 atom stereocenters. The van der Waals surface area contributed by atoms with Crippen LogP contribution in [0.1, 0.15) is 165 Å². The van der Waals surface area contributed by atoms with Crippen LogP contribution >= 0.6 is 0 Å². The number of carbonyl (C=O) groups excluding carboxylic acids is 2. The lowest BCUT2D eigenvalue weighted by Gasteiger charge is -2.48. The second-order valence-electron chi connectivity index (χ2n) is 20.6. The van der Waals surface area contributed by atoms with Crippen molar-refractivity contribution in [2.24, 2.45) is 16.2 Å². The largest absolute Gasteiger partial charge is 0.507 e. The van der Waals surface area contributed by atoms with Crippen LogP contribution in [-0.4, -0.2) is 87.2 Å². The highest BCUT2D eigenvalue weighted by Gasteiger charge is 2.48. The van der Waals surface area contributed by atoms with Crippen molar-refractivity contribution in [3.63, 3.8) is 0 Å². The molecule has 2 aliphatic rings. The Balaban J connectivity index is 1.20. The number of benzene rings is 2. The second kappa shape index (κ2) is 18.2. The van der Waals surface area contributed by atoms with Crippen molar-refractivity contribution in [2.75, 3.05) is 52.9 Å². The molecule has 0 saturated carbocycles. The molecule has 320 valence electrons. The third kappa shape index (κ3) is 11.7. The van der Waals surface area contributed by atoms with Gasteiger partial charge in [-0.1, -0.05) is 96.9 Å². The first-order chi connectivity index (χ1) is 26.3. The van der Waals surface area contributed by atoms with Gasteiger partial charge in [-0.25, -0.2) is 0 Å². The predicted octanol–water partition coefficient (Wildman–Crippen LogP) is 9.60. The Bertz CT molecular complexity index is 1560. The highest BCUT2D eigenvalue weighted by molar-refractivity contribution is 5.97. The summed E-state index contributed by atoms with van der Waals surface area (Å²) in [5.74, 6) is 0.665. The Kier molecular flexibility index (Phi) is 14.9. The van der Waals surface area contributed by atoms with Gasteiger partial charge < -0.3 is 38.6 Å². The zero-order valence-electron chi connectivity index (χ0n) is 37.4. The zero-order valence-corrected chi connectivity index (χ0v) is 37.4. The van der Waals surface area contributed by atoms with E-state index in [2.05, 4.69) is 0 Å². The summed E-state index contributed by atoms with van der Waals surface area (Å²) in [7, 11) is 0. The van der Waals surface area contributed by atoms with Crippen molar-refractivity contribution in [3.05, 3.63) is 57.6 Å². The Morgan fingerprint density at radius 3 is 1.21 bits per heavy atom. The molecule has 0 amide bonds. The van der Waals surface area contributed by atoms with Gasteiger partial charge in [-0.15, -0.1) is 0 Å². The van der Waals surface area contributed by atoms with Crippen molar-refractivity contribution in [3.8, 4) is 11.5 Å². The number of ketones is 2. The Morgan fingerprint density at radius 1 is 0.614 bits per heavy atom. The first kappa shape index (κ1) is 46.8. The average molecular weight is 797 g/mol. The van der Waals surface area contributed by atoms with E-state index < -0.39 is 28.8 Å². The number of hydrogen-bond acceptors (Lipinski definition) is 10. The van der Waals surface area contributed by atoms with Gasteiger partial charge in [-0.05, 0) is 58.1 Å². The summed E-state index contributed by atoms with van der Waals surface area (Å²) < 4.78 is 37.1. The quantitative estimate of drug-likeness (QED) is 0.125. The molecule has 1 spiro atoms. The molecule has 2 N–H and O–H groups in total. The maximum absolute atomic E-state index is 13.2. The van der Waals surface area contributed by atoms with Crippen molar-refractivity contribution < 1.29 is 48.2 Å². The van der Waals surface area contributed by atoms with Crippen LogP contribution in [0.15, 0.2) is 24.3 Å². The average Bonchev–Trinajstić information content (AvgIpc) is 3.11. The molecule has 10 nitrogen and oxygen atoms in total. The number of phenols is 2. The minimum atomic E-state index is -0.497. The van der Waals surface area contributed by atoms with Gasteiger partial charge in [-0.3, -0.25) is 9.59 Å². The fraction of sp³-hybridized carbons (Fsp3) is 0.702. The molecule has 57 heavy (non-hydrogen) atoms. The normalized spacial score (nSPS) is 21.1. The van der Waals surface area contributed by atoms with Crippen LogP contribution in [0.4, 0.5) is 0 Å². The third-order valence-corrected chi connectivity index (χ3v) is 11.1. The van der Waals surface area contributed by atoms with E-state index in [1.807, 2.05) is 121 Å². The summed E-state index contributed by atoms with van der Waals surface area (Å²) in [6, 6.07) is 7.26. The summed E-state index contributed by atoms with van der Waals surface area (Å²) in [5.41, 5.74) is 2.31. The molecule has 2 saturated heterocycles. The molecule has 10 heteroatoms. The monoisotopic (exact) mass is 797 g/mol. The molecule has 0 aromatic heterocycles. The van der Waals surface area contributed by atoms with Gasteiger partial charge in [0.15, 0.2) is 24.1 Å². The predicted molar refractivity (Wildman–Crippen MR) is 223 cm³/mol. The smallest absolute Gasteiger partial charge is 0.165 e. The summed E-state index contributed by atoms with van der Waals surface area (Å²) in [6.07, 6.45) is -0.542. The van der Waals surface area contributed by atoms with Crippen molar-refractivity contribution in [2.45, 2.75) is 145 Å². The maximum Gasteiger partial charge on any atom is 0.165 e. The molecule has 2 heterocycles. The van der Waals surface area contributed by atoms with Crippen molar-refractivity contribution >= 4 is 11.6 Å². The van der Waals surface area contributed by atoms with Crippen LogP contribution < -0.4 is 0 Å². The van der Waals surface area contributed by atoms with Crippen molar-refractivity contribution in [1.29, 1.82) is 0 Å². The molecule has 0 radical (unpaired) electrons. The van der Waals surface area contributed by atoms with Crippen LogP contribution in [-0.2, 0) is 39.3 Å². The lowest BCUT2D eigenvalue weighted by atomic mass is 9.82. The van der Waals surface area contributed by atoms with Crippen LogP contribution in [0.3, 0.4) is 0 Å². The SMILES string of the molecule is CC(C)c1cc(C(=O)CCOCC(C)(C)C2OCC3(CO2)COC(C(C)(C)COCCC(=O)c2cc(C(C)C)c(O)c(C(C)(C)C)c2)OC3)cc(C(C)(C)C)c1O. The number of hydrogen-bond donors (Lipinski definition) is 2. The highest BCUT2D eigenvalue weighted by Crippen LogP contribution is 2.41. The van der Waals surface area contributed by atoms with Crippen LogP contribution in [0.2, 0.25) is 0 Å². The summed E-state index contributed by atoms with van der Waals surface area (Å²) in [6.45, 7) is 31.2. The number of Topliss-reactive ketones (excluding diaryl/α,β-unsaturated/α-hetero) is 2. The third-order valence-electron chi connectivity index (χ3n) is 11.1. The van der Waals surface area contributed by atoms with Gasteiger partial charge in [0, 0.05) is 45.9 Å². The molecule has 2 fully saturated rings. The van der Waals surface area contributed by atoms with Gasteiger partial charge in [0.05, 0.1) is 58.3 Å². The maximum atomic E-state index is 13.2. The molecule has 4 rings (SSSR count). The van der Waals surface area contributed by atoms with E-state index in [9.17, 15) is 19.8 Å². The lowest BCUT2D eigenvalue weighted by molar-refractivity contribution is -0.338. The topological polar surface area (TPSA) is 130 Å². The molecule has 0 aliphatic carbocycles. The highest BCUT2D eigenvalue weighted by atomic mass is 16.7. The van der Waals surface area contributed by atoms with E-state index in [-0.39, 0.29) is 71.8 Å². The number of rotatable bonds is 16. The minimum absolute atomic E-state index is 0.0201. The first-order valence-electron chi connectivity index (χ1n) is 20.7. The number of phenolic OH excluding ortho intramolecular Hbond substituents is 2. The Morgan fingerprint density at radius 2 is 0.930 bits per heavy atom. The van der Waals surface area contributed by atoms with Gasteiger partial charge in [0.25, 0.3) is 0 Å². The molecular weight excluding hydrogens is 725 g/mol. The van der Waals surface area contributed by atoms with Gasteiger partial charge in [-0.2, -0.15) is 0 Å². The van der Waals surface area contributed by atoms with Crippen LogP contribution in [0.25, 0.3) is 0 Å². The summed E-state index contributed by atoms with van der Waals surface area (Å²) in [4.78, 5) is 26.5. The fourth-order valence-electron chi connectivity index (χ4n) is 7.34. The molecule has 2 aliphatic heterocycles. The summed E-state index contributed by atoms with van der Waals surface area (Å²) >= 11 is 0. The number of aromatic hydroxyl groups is 2. The molecular formula is C47H72O10. The van der Waals surface area contributed by atoms with E-state index in [0.717, 1.165) is 22.3 Å². The fourth-order valence-corrected chi connectivity index (χ4v) is 7.34. The Hall–Kier alpha value is -2.86. The van der Waals surface area contributed by atoms with Crippen molar-refractivity contribution in [1.82, 2.24) is 0 Å². The van der Waals surface area contributed by atoms with Gasteiger partial charge in [0.2, 0.25) is 0 Å². The van der Waals surface area contributed by atoms with Gasteiger partial charge >= 0.3 is 0 Å². The molecule has 2 aromatic carbocycles. The molecule has 0 unspecified atom stereocenters. The van der Waals surface area contributed by atoms with E-state index in [1.54, 1.807) is 0 Å². The van der Waals surface area contributed by atoms with Crippen LogP contribution in [0, 0.1) is 16.2 Å². The standard InChI is InChI=1S/C47H72O10/c1-29(2)33-19-31(21-35(39(33)50)43(5,6)7)37(48)15-17-52-23-45(11,12)41-54-25-47(26-55-41)27-56-42(57-28-47)46(13,14)24-53-18-16-38(49)32-20-34(30(3)4)40(51)36(22-32)44(8,9)10/h19-22,29-30,41-42,50-51H,15-18,23-28H2,1-14H3.